The maximum absolute atomic E-state index is 12.4. The van der Waals surface area contributed by atoms with E-state index in [1.54, 1.807) is 30.9 Å². The van der Waals surface area contributed by atoms with Crippen LogP contribution < -0.4 is 4.90 Å². The highest BCUT2D eigenvalue weighted by molar-refractivity contribution is 6.52. The summed E-state index contributed by atoms with van der Waals surface area (Å²) in [6.45, 7) is 0.332. The highest BCUT2D eigenvalue weighted by atomic mass is 16.2. The molecule has 1 aliphatic rings. The number of anilines is 1. The molecule has 5 nitrogen and oxygen atoms in total. The third-order valence-electron chi connectivity index (χ3n) is 4.25. The number of nitrogens with zero attached hydrogens (tertiary/aromatic N) is 3. The van der Waals surface area contributed by atoms with Gasteiger partial charge < -0.3 is 4.90 Å². The van der Waals surface area contributed by atoms with E-state index in [0.717, 1.165) is 16.7 Å². The zero-order chi connectivity index (χ0) is 17.9. The maximum Gasteiger partial charge on any atom is 0.299 e. The molecule has 4 rings (SSSR count). The number of hydrogen-bond donors (Lipinski definition) is 0. The van der Waals surface area contributed by atoms with Crippen molar-refractivity contribution in [3.8, 4) is 11.1 Å². The number of ketones is 1. The normalized spacial score (nSPS) is 13.5. The summed E-state index contributed by atoms with van der Waals surface area (Å²) in [6.07, 6.45) is 10.6. The van der Waals surface area contributed by atoms with E-state index in [0.29, 0.717) is 17.8 Å². The van der Waals surface area contributed by atoms with Crippen LogP contribution in [0.5, 0.6) is 0 Å². The minimum absolute atomic E-state index is 0.332. The van der Waals surface area contributed by atoms with Gasteiger partial charge in [0.2, 0.25) is 0 Å². The minimum atomic E-state index is -0.501. The van der Waals surface area contributed by atoms with Crippen molar-refractivity contribution in [1.29, 1.82) is 0 Å². The van der Waals surface area contributed by atoms with Crippen LogP contribution in [0.4, 0.5) is 5.69 Å². The van der Waals surface area contributed by atoms with Gasteiger partial charge in [-0.3, -0.25) is 19.6 Å². The number of carbonyl (C=O) groups is 2. The summed E-state index contributed by atoms with van der Waals surface area (Å²) >= 11 is 0. The lowest BCUT2D eigenvalue weighted by molar-refractivity contribution is -0.114. The Morgan fingerprint density at radius 3 is 2.46 bits per heavy atom. The molecule has 3 aromatic rings. The van der Waals surface area contributed by atoms with Gasteiger partial charge in [-0.2, -0.15) is 0 Å². The van der Waals surface area contributed by atoms with Crippen LogP contribution in [0, 0.1) is 0 Å². The quantitative estimate of drug-likeness (QED) is 0.683. The molecule has 3 heterocycles. The number of fused-ring (bicyclic) bond motifs is 1. The molecule has 1 aromatic carbocycles. The molecule has 0 saturated heterocycles. The molecule has 1 aliphatic heterocycles. The van der Waals surface area contributed by atoms with Gasteiger partial charge in [-0.1, -0.05) is 30.4 Å². The molecule has 0 aliphatic carbocycles. The standard InChI is InChI=1S/C21H15N3O2/c25-20-18-12-16(17-6-2-10-23-14-17)7-8-19(18)24(21(20)26)11-3-5-15-4-1-9-22-13-15/h1-10,12-14H,11H2/b5-3+. The Morgan fingerprint density at radius 1 is 0.923 bits per heavy atom. The Kier molecular flexibility index (Phi) is 4.11. The van der Waals surface area contributed by atoms with Crippen molar-refractivity contribution in [2.75, 3.05) is 11.4 Å². The molecular weight excluding hydrogens is 326 g/mol. The molecule has 1 amide bonds. The summed E-state index contributed by atoms with van der Waals surface area (Å²) in [6, 6.07) is 13.0. The summed E-state index contributed by atoms with van der Waals surface area (Å²) in [5.74, 6) is -0.973. The van der Waals surface area contributed by atoms with Crippen LogP contribution in [0.2, 0.25) is 0 Å². The zero-order valence-electron chi connectivity index (χ0n) is 13.9. The third kappa shape index (κ3) is 2.91. The van der Waals surface area contributed by atoms with E-state index in [2.05, 4.69) is 9.97 Å². The third-order valence-corrected chi connectivity index (χ3v) is 4.25. The zero-order valence-corrected chi connectivity index (χ0v) is 13.9. The van der Waals surface area contributed by atoms with E-state index in [9.17, 15) is 9.59 Å². The molecule has 0 spiro atoms. The van der Waals surface area contributed by atoms with E-state index < -0.39 is 11.7 Å². The van der Waals surface area contributed by atoms with Crippen molar-refractivity contribution in [2.45, 2.75) is 0 Å². The molecule has 126 valence electrons. The number of hydrogen-bond acceptors (Lipinski definition) is 4. The SMILES string of the molecule is O=C1C(=O)N(C/C=C/c2cccnc2)c2ccc(-c3cccnc3)cc21. The predicted molar refractivity (Wildman–Crippen MR) is 99.6 cm³/mol. The number of pyridine rings is 2. The van der Waals surface area contributed by atoms with E-state index in [1.807, 2.05) is 48.6 Å². The van der Waals surface area contributed by atoms with Crippen LogP contribution in [0.15, 0.2) is 73.3 Å². The smallest absolute Gasteiger partial charge is 0.299 e. The van der Waals surface area contributed by atoms with Gasteiger partial charge in [-0.15, -0.1) is 0 Å². The van der Waals surface area contributed by atoms with Gasteiger partial charge >= 0.3 is 0 Å². The summed E-state index contributed by atoms with van der Waals surface area (Å²) in [5, 5.41) is 0. The van der Waals surface area contributed by atoms with Crippen molar-refractivity contribution >= 4 is 23.5 Å². The van der Waals surface area contributed by atoms with Crippen LogP contribution in [0.3, 0.4) is 0 Å². The lowest BCUT2D eigenvalue weighted by Gasteiger charge is -2.14. The molecule has 0 saturated carbocycles. The van der Waals surface area contributed by atoms with Gasteiger partial charge in [-0.25, -0.2) is 0 Å². The fourth-order valence-electron chi connectivity index (χ4n) is 2.96. The van der Waals surface area contributed by atoms with Gasteiger partial charge in [0.15, 0.2) is 0 Å². The van der Waals surface area contributed by atoms with E-state index in [1.165, 1.54) is 4.90 Å². The fourth-order valence-corrected chi connectivity index (χ4v) is 2.96. The number of benzene rings is 1. The summed E-state index contributed by atoms with van der Waals surface area (Å²) in [7, 11) is 0. The van der Waals surface area contributed by atoms with Crippen molar-refractivity contribution in [3.63, 3.8) is 0 Å². The molecule has 0 unspecified atom stereocenters. The second-order valence-corrected chi connectivity index (χ2v) is 5.91. The van der Waals surface area contributed by atoms with Crippen LogP contribution >= 0.6 is 0 Å². The summed E-state index contributed by atoms with van der Waals surface area (Å²) in [5.41, 5.74) is 3.79. The topological polar surface area (TPSA) is 63.2 Å². The van der Waals surface area contributed by atoms with Crippen molar-refractivity contribution in [3.05, 3.63) is 84.5 Å². The molecular formula is C21H15N3O2. The van der Waals surface area contributed by atoms with Gasteiger partial charge in [0.25, 0.3) is 11.7 Å². The van der Waals surface area contributed by atoms with E-state index >= 15 is 0 Å². The van der Waals surface area contributed by atoms with Crippen molar-refractivity contribution in [2.24, 2.45) is 0 Å². The van der Waals surface area contributed by atoms with E-state index in [-0.39, 0.29) is 0 Å². The predicted octanol–water partition coefficient (Wildman–Crippen LogP) is 3.39. The number of carbonyl (C=O) groups excluding carboxylic acids is 2. The maximum atomic E-state index is 12.4. The molecule has 0 radical (unpaired) electrons. The van der Waals surface area contributed by atoms with Gasteiger partial charge in [0.1, 0.15) is 0 Å². The fraction of sp³-hybridized carbons (Fsp3) is 0.0476. The largest absolute Gasteiger partial charge is 0.301 e. The Balaban J connectivity index is 1.61. The first-order valence-corrected chi connectivity index (χ1v) is 8.21. The van der Waals surface area contributed by atoms with Crippen LogP contribution in [0.1, 0.15) is 15.9 Å². The monoisotopic (exact) mass is 341 g/mol. The van der Waals surface area contributed by atoms with Crippen LogP contribution in [-0.4, -0.2) is 28.2 Å². The van der Waals surface area contributed by atoms with Gasteiger partial charge in [0.05, 0.1) is 11.3 Å². The molecule has 5 heteroatoms. The second-order valence-electron chi connectivity index (χ2n) is 5.91. The average Bonchev–Trinajstić information content (AvgIpc) is 2.94. The molecule has 0 bridgehead atoms. The minimum Gasteiger partial charge on any atom is -0.301 e. The second kappa shape index (κ2) is 6.72. The summed E-state index contributed by atoms with van der Waals surface area (Å²) < 4.78 is 0. The van der Waals surface area contributed by atoms with Crippen molar-refractivity contribution < 1.29 is 9.59 Å². The van der Waals surface area contributed by atoms with Crippen LogP contribution in [0.25, 0.3) is 17.2 Å². The number of rotatable bonds is 4. The first kappa shape index (κ1) is 15.9. The first-order chi connectivity index (χ1) is 12.7. The van der Waals surface area contributed by atoms with Crippen molar-refractivity contribution in [1.82, 2.24) is 9.97 Å². The van der Waals surface area contributed by atoms with E-state index in [4.69, 9.17) is 0 Å². The molecule has 0 N–H and O–H groups in total. The van der Waals surface area contributed by atoms with Gasteiger partial charge in [-0.05, 0) is 35.4 Å². The summed E-state index contributed by atoms with van der Waals surface area (Å²) in [4.78, 5) is 34.4. The first-order valence-electron chi connectivity index (χ1n) is 8.21. The highest BCUT2D eigenvalue weighted by Crippen LogP contribution is 2.32. The molecule has 26 heavy (non-hydrogen) atoms. The Morgan fingerprint density at radius 2 is 1.73 bits per heavy atom. The Hall–Kier alpha value is -3.60. The average molecular weight is 341 g/mol. The van der Waals surface area contributed by atoms with Gasteiger partial charge in [0, 0.05) is 36.9 Å². The Labute approximate surface area is 150 Å². The lowest BCUT2D eigenvalue weighted by Crippen LogP contribution is -2.29. The molecule has 0 atom stereocenters. The van der Waals surface area contributed by atoms with Crippen LogP contribution in [-0.2, 0) is 4.79 Å². The number of aromatic nitrogens is 2. The lowest BCUT2D eigenvalue weighted by atomic mass is 10.0. The highest BCUT2D eigenvalue weighted by Gasteiger charge is 2.35. The Bertz CT molecular complexity index is 998. The number of Topliss-reactive ketones (excluding diaryl/α,β-unsaturated/α-hetero) is 1. The number of amides is 1. The molecule has 2 aromatic heterocycles. The molecule has 0 fully saturated rings.